The SMILES string of the molecule is CC(C)(F)C1(C)CN2CC[C@@H](c3cccc(F)c3)N2C1=O. The molecule has 2 heterocycles. The number of halogens is 2. The van der Waals surface area contributed by atoms with Crippen molar-refractivity contribution < 1.29 is 13.6 Å². The summed E-state index contributed by atoms with van der Waals surface area (Å²) in [6, 6.07) is 6.11. The Morgan fingerprint density at radius 3 is 2.71 bits per heavy atom. The molecule has 0 aromatic heterocycles. The fraction of sp³-hybridized carbons (Fsp3) is 0.562. The summed E-state index contributed by atoms with van der Waals surface area (Å²) in [4.78, 5) is 12.8. The van der Waals surface area contributed by atoms with E-state index >= 15 is 0 Å². The first-order valence-electron chi connectivity index (χ1n) is 7.27. The molecular weight excluding hydrogens is 274 g/mol. The van der Waals surface area contributed by atoms with Gasteiger partial charge in [-0.2, -0.15) is 0 Å². The van der Waals surface area contributed by atoms with Crippen LogP contribution in [0.1, 0.15) is 38.8 Å². The molecule has 2 aliphatic rings. The van der Waals surface area contributed by atoms with E-state index in [4.69, 9.17) is 0 Å². The molecule has 3 rings (SSSR count). The van der Waals surface area contributed by atoms with E-state index < -0.39 is 11.1 Å². The van der Waals surface area contributed by atoms with Gasteiger partial charge in [0.2, 0.25) is 5.91 Å². The standard InChI is InChI=1S/C16H20F2N2O/c1-15(2,18)16(3)10-19-8-7-13(20(19)14(16)21)11-5-4-6-12(17)9-11/h4-6,9,13H,7-8,10H2,1-3H3/t13-,16?/m0/s1. The van der Waals surface area contributed by atoms with Gasteiger partial charge in [-0.15, -0.1) is 0 Å². The molecule has 0 aliphatic carbocycles. The lowest BCUT2D eigenvalue weighted by atomic mass is 9.76. The minimum atomic E-state index is -1.60. The van der Waals surface area contributed by atoms with Gasteiger partial charge in [0.1, 0.15) is 11.5 Å². The second kappa shape index (κ2) is 4.50. The fourth-order valence-corrected chi connectivity index (χ4v) is 3.27. The molecule has 1 unspecified atom stereocenters. The summed E-state index contributed by atoms with van der Waals surface area (Å²) in [5.74, 6) is -0.520. The maximum absolute atomic E-state index is 14.5. The number of nitrogens with zero attached hydrogens (tertiary/aromatic N) is 2. The van der Waals surface area contributed by atoms with Gasteiger partial charge < -0.3 is 0 Å². The van der Waals surface area contributed by atoms with Crippen LogP contribution in [0.25, 0.3) is 0 Å². The number of alkyl halides is 1. The Balaban J connectivity index is 1.95. The first-order chi connectivity index (χ1) is 9.74. The summed E-state index contributed by atoms with van der Waals surface area (Å²) < 4.78 is 27.9. The van der Waals surface area contributed by atoms with Gasteiger partial charge in [0.25, 0.3) is 0 Å². The highest BCUT2D eigenvalue weighted by Gasteiger charge is 2.59. The maximum atomic E-state index is 14.5. The van der Waals surface area contributed by atoms with Gasteiger partial charge in [0.05, 0.1) is 11.5 Å². The number of amides is 1. The first kappa shape index (κ1) is 14.4. The largest absolute Gasteiger partial charge is 0.273 e. The van der Waals surface area contributed by atoms with Crippen LogP contribution in [0.3, 0.4) is 0 Å². The molecule has 2 saturated heterocycles. The van der Waals surface area contributed by atoms with Gasteiger partial charge >= 0.3 is 0 Å². The number of carbonyl (C=O) groups excluding carboxylic acids is 1. The molecule has 2 aliphatic heterocycles. The molecule has 0 saturated carbocycles. The van der Waals surface area contributed by atoms with Crippen LogP contribution in [-0.2, 0) is 4.79 Å². The van der Waals surface area contributed by atoms with Crippen LogP contribution in [-0.4, -0.2) is 34.7 Å². The average Bonchev–Trinajstić information content (AvgIpc) is 2.89. The van der Waals surface area contributed by atoms with Crippen LogP contribution in [0.5, 0.6) is 0 Å². The predicted molar refractivity (Wildman–Crippen MR) is 75.5 cm³/mol. The summed E-state index contributed by atoms with van der Waals surface area (Å²) in [6.07, 6.45) is 0.748. The molecule has 0 N–H and O–H groups in total. The summed E-state index contributed by atoms with van der Waals surface area (Å²) in [7, 11) is 0. The summed E-state index contributed by atoms with van der Waals surface area (Å²) >= 11 is 0. The minimum Gasteiger partial charge on any atom is -0.273 e. The van der Waals surface area contributed by atoms with Gasteiger partial charge in [-0.1, -0.05) is 12.1 Å². The normalized spacial score (nSPS) is 30.0. The molecule has 0 bridgehead atoms. The van der Waals surface area contributed by atoms with Crippen molar-refractivity contribution in [2.45, 2.75) is 38.9 Å². The second-order valence-electron chi connectivity index (χ2n) is 6.70. The van der Waals surface area contributed by atoms with Crippen LogP contribution in [0, 0.1) is 11.2 Å². The number of hydrogen-bond acceptors (Lipinski definition) is 2. The zero-order valence-corrected chi connectivity index (χ0v) is 12.6. The van der Waals surface area contributed by atoms with Crippen LogP contribution in [0.4, 0.5) is 8.78 Å². The third-order valence-corrected chi connectivity index (χ3v) is 4.98. The van der Waals surface area contributed by atoms with E-state index in [0.717, 1.165) is 12.0 Å². The zero-order valence-electron chi connectivity index (χ0n) is 12.6. The van der Waals surface area contributed by atoms with Crippen LogP contribution in [0.15, 0.2) is 24.3 Å². The Hall–Kier alpha value is -1.49. The van der Waals surface area contributed by atoms with Crippen molar-refractivity contribution >= 4 is 5.91 Å². The van der Waals surface area contributed by atoms with Crippen LogP contribution in [0.2, 0.25) is 0 Å². The predicted octanol–water partition coefficient (Wildman–Crippen LogP) is 3.08. The molecule has 1 amide bonds. The molecule has 2 fully saturated rings. The summed E-state index contributed by atoms with van der Waals surface area (Å²) in [5.41, 5.74) is -1.88. The van der Waals surface area contributed by atoms with Crippen molar-refractivity contribution in [3.63, 3.8) is 0 Å². The van der Waals surface area contributed by atoms with Gasteiger partial charge in [0.15, 0.2) is 0 Å². The number of hydrazine groups is 1. The van der Waals surface area contributed by atoms with Gasteiger partial charge in [-0.3, -0.25) is 9.80 Å². The van der Waals surface area contributed by atoms with Crippen molar-refractivity contribution in [3.05, 3.63) is 35.6 Å². The molecule has 114 valence electrons. The quantitative estimate of drug-likeness (QED) is 0.837. The monoisotopic (exact) mass is 294 g/mol. The highest BCUT2D eigenvalue weighted by Crippen LogP contribution is 2.48. The smallest absolute Gasteiger partial charge is 0.247 e. The Morgan fingerprint density at radius 2 is 2.10 bits per heavy atom. The fourth-order valence-electron chi connectivity index (χ4n) is 3.27. The Bertz CT molecular complexity index is 584. The molecule has 0 radical (unpaired) electrons. The van der Waals surface area contributed by atoms with Crippen molar-refractivity contribution in [2.75, 3.05) is 13.1 Å². The average molecular weight is 294 g/mol. The van der Waals surface area contributed by atoms with Gasteiger partial charge in [0, 0.05) is 13.1 Å². The molecule has 1 aromatic carbocycles. The van der Waals surface area contributed by atoms with Gasteiger partial charge in [-0.05, 0) is 44.9 Å². The van der Waals surface area contributed by atoms with Crippen molar-refractivity contribution in [3.8, 4) is 0 Å². The number of rotatable bonds is 2. The lowest BCUT2D eigenvalue weighted by Gasteiger charge is -2.33. The number of hydrogen-bond donors (Lipinski definition) is 0. The van der Waals surface area contributed by atoms with Crippen molar-refractivity contribution in [1.82, 2.24) is 10.0 Å². The zero-order chi connectivity index (χ0) is 15.4. The molecule has 1 aromatic rings. The van der Waals surface area contributed by atoms with E-state index in [1.165, 1.54) is 26.0 Å². The molecule has 2 atom stereocenters. The van der Waals surface area contributed by atoms with E-state index in [2.05, 4.69) is 0 Å². The van der Waals surface area contributed by atoms with Gasteiger partial charge in [-0.25, -0.2) is 13.8 Å². The van der Waals surface area contributed by atoms with E-state index in [1.807, 2.05) is 11.1 Å². The number of carbonyl (C=O) groups is 1. The van der Waals surface area contributed by atoms with Crippen molar-refractivity contribution in [1.29, 1.82) is 0 Å². The molecule has 5 heteroatoms. The molecule has 3 nitrogen and oxygen atoms in total. The van der Waals surface area contributed by atoms with Crippen LogP contribution >= 0.6 is 0 Å². The van der Waals surface area contributed by atoms with E-state index in [0.29, 0.717) is 13.1 Å². The Labute approximate surface area is 123 Å². The van der Waals surface area contributed by atoms with E-state index in [-0.39, 0.29) is 17.8 Å². The number of benzene rings is 1. The minimum absolute atomic E-state index is 0.197. The van der Waals surface area contributed by atoms with Crippen molar-refractivity contribution in [2.24, 2.45) is 5.41 Å². The molecule has 0 spiro atoms. The highest BCUT2D eigenvalue weighted by atomic mass is 19.1. The van der Waals surface area contributed by atoms with Crippen LogP contribution < -0.4 is 0 Å². The van der Waals surface area contributed by atoms with E-state index in [9.17, 15) is 13.6 Å². The second-order valence-corrected chi connectivity index (χ2v) is 6.70. The Morgan fingerprint density at radius 1 is 1.38 bits per heavy atom. The molecule has 21 heavy (non-hydrogen) atoms. The third-order valence-electron chi connectivity index (χ3n) is 4.98. The first-order valence-corrected chi connectivity index (χ1v) is 7.27. The lowest BCUT2D eigenvalue weighted by Crippen LogP contribution is -2.46. The topological polar surface area (TPSA) is 23.6 Å². The molecular formula is C16H20F2N2O. The van der Waals surface area contributed by atoms with E-state index in [1.54, 1.807) is 18.0 Å². The lowest BCUT2D eigenvalue weighted by molar-refractivity contribution is -0.147. The maximum Gasteiger partial charge on any atom is 0.247 e. The third kappa shape index (κ3) is 2.06. The summed E-state index contributed by atoms with van der Waals surface area (Å²) in [5, 5.41) is 3.54. The highest BCUT2D eigenvalue weighted by molar-refractivity contribution is 5.86. The Kier molecular flexibility index (Phi) is 3.10. The number of fused-ring (bicyclic) bond motifs is 1. The summed E-state index contributed by atoms with van der Waals surface area (Å²) in [6.45, 7) is 5.65.